The van der Waals surface area contributed by atoms with E-state index >= 15 is 0 Å². The van der Waals surface area contributed by atoms with Gasteiger partial charge in [-0.05, 0) is 55.7 Å². The highest BCUT2D eigenvalue weighted by Crippen LogP contribution is 2.29. The fourth-order valence-electron chi connectivity index (χ4n) is 3.33. The van der Waals surface area contributed by atoms with Crippen LogP contribution in [0, 0.1) is 6.92 Å². The summed E-state index contributed by atoms with van der Waals surface area (Å²) in [5.74, 6) is 0. The first-order valence-electron chi connectivity index (χ1n) is 8.84. The molecule has 5 heteroatoms. The number of nitrogens with one attached hydrogen (secondary N) is 1. The van der Waals surface area contributed by atoms with Crippen LogP contribution in [0.5, 0.6) is 0 Å². The quantitative estimate of drug-likeness (QED) is 0.837. The minimum Gasteiger partial charge on any atom is -0.292 e. The molecule has 0 amide bonds. The van der Waals surface area contributed by atoms with Crippen molar-refractivity contribution in [1.29, 1.82) is 0 Å². The smallest absolute Gasteiger partial charge is 0.261 e. The van der Waals surface area contributed by atoms with Gasteiger partial charge in [-0.25, -0.2) is 8.42 Å². The van der Waals surface area contributed by atoms with Crippen LogP contribution >= 0.6 is 0 Å². The molecular formula is C20H26N2O2S. The molecule has 2 aromatic rings. The van der Waals surface area contributed by atoms with E-state index in [1.54, 1.807) is 12.1 Å². The van der Waals surface area contributed by atoms with Gasteiger partial charge in [0.25, 0.3) is 10.0 Å². The summed E-state index contributed by atoms with van der Waals surface area (Å²) in [4.78, 5) is 2.74. The molecule has 0 radical (unpaired) electrons. The summed E-state index contributed by atoms with van der Waals surface area (Å²) in [6.45, 7) is 8.24. The van der Waals surface area contributed by atoms with Crippen molar-refractivity contribution in [2.45, 2.75) is 57.6 Å². The van der Waals surface area contributed by atoms with Gasteiger partial charge in [-0.3, -0.25) is 9.62 Å². The maximum Gasteiger partial charge on any atom is 0.261 e. The second-order valence-electron chi connectivity index (χ2n) is 6.94. The molecule has 1 heterocycles. The summed E-state index contributed by atoms with van der Waals surface area (Å²) in [7, 11) is -3.55. The van der Waals surface area contributed by atoms with E-state index in [0.717, 1.165) is 18.7 Å². The zero-order valence-electron chi connectivity index (χ0n) is 15.1. The fraction of sp³-hybridized carbons (Fsp3) is 0.400. The Morgan fingerprint density at radius 1 is 1.08 bits per heavy atom. The van der Waals surface area contributed by atoms with Crippen molar-refractivity contribution in [3.05, 3.63) is 59.2 Å². The molecular weight excluding hydrogens is 332 g/mol. The number of nitrogens with zero attached hydrogens (tertiary/aromatic N) is 1. The topological polar surface area (TPSA) is 49.4 Å². The molecule has 1 aliphatic heterocycles. The first-order chi connectivity index (χ1) is 11.9. The summed E-state index contributed by atoms with van der Waals surface area (Å²) in [6, 6.07) is 13.3. The highest BCUT2D eigenvalue weighted by molar-refractivity contribution is 7.92. The standard InChI is InChI=1S/C20H26N2O2S/c1-4-5-16(3)22-13-17-8-9-19(12-18(17)14-22)21-25(23,24)20-10-6-15(2)7-11-20/h6-12,16,21H,4-5,13-14H2,1-3H3/t16-/m0/s1. The van der Waals surface area contributed by atoms with Crippen molar-refractivity contribution in [3.8, 4) is 0 Å². The van der Waals surface area contributed by atoms with E-state index in [4.69, 9.17) is 0 Å². The van der Waals surface area contributed by atoms with Crippen LogP contribution in [0.2, 0.25) is 0 Å². The molecule has 0 bridgehead atoms. The SMILES string of the molecule is CCC[C@H](C)N1Cc2ccc(NS(=O)(=O)c3ccc(C)cc3)cc2C1. The van der Waals surface area contributed by atoms with E-state index in [2.05, 4.69) is 23.5 Å². The van der Waals surface area contributed by atoms with Crippen LogP contribution in [0.25, 0.3) is 0 Å². The number of sulfonamides is 1. The zero-order valence-corrected chi connectivity index (χ0v) is 15.9. The number of aryl methyl sites for hydroxylation is 1. The lowest BCUT2D eigenvalue weighted by molar-refractivity contribution is 0.202. The zero-order chi connectivity index (χ0) is 18.0. The number of benzene rings is 2. The van der Waals surface area contributed by atoms with Gasteiger partial charge in [0.15, 0.2) is 0 Å². The molecule has 0 aromatic heterocycles. The van der Waals surface area contributed by atoms with Crippen molar-refractivity contribution in [1.82, 2.24) is 4.90 Å². The molecule has 1 atom stereocenters. The van der Waals surface area contributed by atoms with E-state index in [0.29, 0.717) is 11.7 Å². The van der Waals surface area contributed by atoms with Crippen LogP contribution in [0.3, 0.4) is 0 Å². The molecule has 1 aliphatic rings. The lowest BCUT2D eigenvalue weighted by Crippen LogP contribution is -2.27. The minimum absolute atomic E-state index is 0.289. The molecule has 4 nitrogen and oxygen atoms in total. The summed E-state index contributed by atoms with van der Waals surface area (Å²) in [5, 5.41) is 0. The third-order valence-corrected chi connectivity index (χ3v) is 6.26. The fourth-order valence-corrected chi connectivity index (χ4v) is 4.38. The molecule has 1 N–H and O–H groups in total. The number of anilines is 1. The van der Waals surface area contributed by atoms with Gasteiger partial charge >= 0.3 is 0 Å². The highest BCUT2D eigenvalue weighted by Gasteiger charge is 2.23. The van der Waals surface area contributed by atoms with Crippen molar-refractivity contribution in [2.24, 2.45) is 0 Å². The Hall–Kier alpha value is -1.85. The normalized spacial score (nSPS) is 15.8. The Balaban J connectivity index is 1.76. The van der Waals surface area contributed by atoms with Gasteiger partial charge in [0, 0.05) is 24.8 Å². The van der Waals surface area contributed by atoms with Crippen molar-refractivity contribution >= 4 is 15.7 Å². The first-order valence-corrected chi connectivity index (χ1v) is 10.3. The minimum atomic E-state index is -3.55. The maximum atomic E-state index is 12.5. The van der Waals surface area contributed by atoms with Gasteiger partial charge < -0.3 is 0 Å². The summed E-state index contributed by atoms with van der Waals surface area (Å²) >= 11 is 0. The van der Waals surface area contributed by atoms with E-state index in [1.165, 1.54) is 24.0 Å². The van der Waals surface area contributed by atoms with Crippen molar-refractivity contribution in [3.63, 3.8) is 0 Å². The first kappa shape index (κ1) is 18.0. The lowest BCUT2D eigenvalue weighted by Gasteiger charge is -2.23. The van der Waals surface area contributed by atoms with E-state index < -0.39 is 10.0 Å². The van der Waals surface area contributed by atoms with E-state index in [9.17, 15) is 8.42 Å². The summed E-state index contributed by atoms with van der Waals surface area (Å²) in [6.07, 6.45) is 2.36. The third kappa shape index (κ3) is 4.05. The van der Waals surface area contributed by atoms with Crippen LogP contribution in [-0.4, -0.2) is 19.4 Å². The Bertz CT molecular complexity index is 844. The average Bonchev–Trinajstić information content (AvgIpc) is 2.98. The number of rotatable bonds is 6. The molecule has 0 spiro atoms. The van der Waals surface area contributed by atoms with E-state index in [1.807, 2.05) is 37.3 Å². The molecule has 0 unspecified atom stereocenters. The second kappa shape index (κ2) is 7.18. The number of fused-ring (bicyclic) bond motifs is 1. The second-order valence-corrected chi connectivity index (χ2v) is 8.63. The molecule has 0 saturated heterocycles. The Labute approximate surface area is 150 Å². The van der Waals surface area contributed by atoms with Crippen LogP contribution in [-0.2, 0) is 23.1 Å². The molecule has 0 aliphatic carbocycles. The van der Waals surface area contributed by atoms with Gasteiger partial charge in [-0.15, -0.1) is 0 Å². The van der Waals surface area contributed by atoms with Gasteiger partial charge in [0.2, 0.25) is 0 Å². The lowest BCUT2D eigenvalue weighted by atomic mass is 10.1. The number of hydrogen-bond donors (Lipinski definition) is 1. The Morgan fingerprint density at radius 2 is 1.76 bits per heavy atom. The molecule has 3 rings (SSSR count). The highest BCUT2D eigenvalue weighted by atomic mass is 32.2. The van der Waals surface area contributed by atoms with Crippen LogP contribution in [0.4, 0.5) is 5.69 Å². The van der Waals surface area contributed by atoms with Gasteiger partial charge in [0.05, 0.1) is 4.90 Å². The predicted octanol–water partition coefficient (Wildman–Crippen LogP) is 4.30. The number of hydrogen-bond acceptors (Lipinski definition) is 3. The predicted molar refractivity (Wildman–Crippen MR) is 102 cm³/mol. The van der Waals surface area contributed by atoms with Gasteiger partial charge in [-0.2, -0.15) is 0 Å². The average molecular weight is 359 g/mol. The van der Waals surface area contributed by atoms with Crippen molar-refractivity contribution in [2.75, 3.05) is 4.72 Å². The summed E-state index contributed by atoms with van der Waals surface area (Å²) in [5.41, 5.74) is 4.18. The molecule has 0 fully saturated rings. The van der Waals surface area contributed by atoms with Gasteiger partial charge in [-0.1, -0.05) is 37.1 Å². The van der Waals surface area contributed by atoms with Crippen LogP contribution in [0.1, 0.15) is 43.4 Å². The Morgan fingerprint density at radius 3 is 2.44 bits per heavy atom. The van der Waals surface area contributed by atoms with Gasteiger partial charge in [0.1, 0.15) is 0 Å². The largest absolute Gasteiger partial charge is 0.292 e. The molecule has 25 heavy (non-hydrogen) atoms. The molecule has 2 aromatic carbocycles. The third-order valence-electron chi connectivity index (χ3n) is 4.87. The van der Waals surface area contributed by atoms with Crippen LogP contribution in [0.15, 0.2) is 47.4 Å². The molecule has 0 saturated carbocycles. The maximum absolute atomic E-state index is 12.5. The monoisotopic (exact) mass is 358 g/mol. The van der Waals surface area contributed by atoms with Crippen LogP contribution < -0.4 is 4.72 Å². The van der Waals surface area contributed by atoms with Crippen molar-refractivity contribution < 1.29 is 8.42 Å². The molecule has 134 valence electrons. The Kier molecular flexibility index (Phi) is 5.16. The van der Waals surface area contributed by atoms with E-state index in [-0.39, 0.29) is 4.90 Å². The summed E-state index contributed by atoms with van der Waals surface area (Å²) < 4.78 is 27.8.